The molecule has 0 fully saturated rings. The predicted octanol–water partition coefficient (Wildman–Crippen LogP) is 5.20. The molecule has 2 heterocycles. The van der Waals surface area contributed by atoms with Crippen molar-refractivity contribution in [3.05, 3.63) is 66.4 Å². The predicted molar refractivity (Wildman–Crippen MR) is 90.1 cm³/mol. The summed E-state index contributed by atoms with van der Waals surface area (Å²) in [5.41, 5.74) is 0.704. The van der Waals surface area contributed by atoms with Crippen LogP contribution in [0.5, 0.6) is 17.4 Å². The molecule has 3 aromatic rings. The van der Waals surface area contributed by atoms with E-state index in [2.05, 4.69) is 9.97 Å². The van der Waals surface area contributed by atoms with Crippen LogP contribution in [0.1, 0.15) is 12.5 Å². The molecule has 0 radical (unpaired) electrons. The zero-order chi connectivity index (χ0) is 18.7. The zero-order valence-corrected chi connectivity index (χ0v) is 14.0. The van der Waals surface area contributed by atoms with Gasteiger partial charge in [-0.25, -0.2) is 18.2 Å². The molecule has 1 aromatic carbocycles. The molecule has 134 valence electrons. The molecule has 7 heteroatoms. The van der Waals surface area contributed by atoms with Gasteiger partial charge in [0.1, 0.15) is 5.75 Å². The average Bonchev–Trinajstić information content (AvgIpc) is 2.62. The minimum Gasteiger partial charge on any atom is -0.493 e. The molecule has 0 saturated carbocycles. The van der Waals surface area contributed by atoms with Gasteiger partial charge in [-0.3, -0.25) is 4.98 Å². The number of halogens is 3. The third-order valence-corrected chi connectivity index (χ3v) is 3.69. The van der Waals surface area contributed by atoms with Crippen molar-refractivity contribution in [2.45, 2.75) is 12.8 Å². The van der Waals surface area contributed by atoms with E-state index in [1.54, 1.807) is 12.1 Å². The van der Waals surface area contributed by atoms with Gasteiger partial charge in [-0.2, -0.15) is 0 Å². The van der Waals surface area contributed by atoms with Crippen molar-refractivity contribution < 1.29 is 22.6 Å². The summed E-state index contributed by atoms with van der Waals surface area (Å²) in [5.74, 6) is -3.04. The lowest BCUT2D eigenvalue weighted by molar-refractivity contribution is 0.0174. The molecule has 0 N–H and O–H groups in total. The van der Waals surface area contributed by atoms with E-state index in [-0.39, 0.29) is 17.2 Å². The van der Waals surface area contributed by atoms with Gasteiger partial charge in [0, 0.05) is 30.4 Å². The lowest BCUT2D eigenvalue weighted by Crippen LogP contribution is -2.06. The number of benzene rings is 1. The molecule has 0 bridgehead atoms. The maximum atomic E-state index is 13.9. The molecule has 0 amide bonds. The molecular weight excluding hydrogens is 345 g/mol. The first-order chi connectivity index (χ1) is 12.4. The van der Waals surface area contributed by atoms with E-state index < -0.39 is 11.7 Å². The molecule has 0 spiro atoms. The minimum absolute atomic E-state index is 0.0128. The molecule has 3 rings (SSSR count). The lowest BCUT2D eigenvalue weighted by atomic mass is 10.1. The second-order valence-corrected chi connectivity index (χ2v) is 5.57. The molecule has 0 aliphatic heterocycles. The fourth-order valence-corrected chi connectivity index (χ4v) is 2.43. The standard InChI is InChI=1S/C19H15F3N2O2/c1-19(21,22)12-5-7-13(8-6-12)26-18-14(4-3-9-24-18)15-10-23-11-16(20)17(15)25-2/h3-11H,1-2H3. The van der Waals surface area contributed by atoms with E-state index in [4.69, 9.17) is 9.47 Å². The first-order valence-electron chi connectivity index (χ1n) is 7.69. The number of ether oxygens (including phenoxy) is 2. The van der Waals surface area contributed by atoms with E-state index in [9.17, 15) is 13.2 Å². The summed E-state index contributed by atoms with van der Waals surface area (Å²) in [6.45, 7) is 0.822. The summed E-state index contributed by atoms with van der Waals surface area (Å²) in [6, 6.07) is 8.74. The Hall–Kier alpha value is -3.09. The van der Waals surface area contributed by atoms with Crippen molar-refractivity contribution >= 4 is 0 Å². The normalized spacial score (nSPS) is 11.3. The molecule has 26 heavy (non-hydrogen) atoms. The summed E-state index contributed by atoms with van der Waals surface area (Å²) >= 11 is 0. The van der Waals surface area contributed by atoms with Gasteiger partial charge < -0.3 is 9.47 Å². The average molecular weight is 360 g/mol. The Balaban J connectivity index is 1.97. The van der Waals surface area contributed by atoms with Crippen molar-refractivity contribution in [3.63, 3.8) is 0 Å². The third-order valence-electron chi connectivity index (χ3n) is 3.69. The number of aromatic nitrogens is 2. The van der Waals surface area contributed by atoms with Crippen LogP contribution in [0.2, 0.25) is 0 Å². The van der Waals surface area contributed by atoms with Crippen LogP contribution in [0.15, 0.2) is 55.0 Å². The maximum absolute atomic E-state index is 13.9. The van der Waals surface area contributed by atoms with E-state index in [0.717, 1.165) is 13.1 Å². The van der Waals surface area contributed by atoms with Crippen molar-refractivity contribution in [1.82, 2.24) is 9.97 Å². The van der Waals surface area contributed by atoms with Gasteiger partial charge >= 0.3 is 0 Å². The highest BCUT2D eigenvalue weighted by atomic mass is 19.3. The summed E-state index contributed by atoms with van der Waals surface area (Å²) < 4.78 is 51.4. The molecule has 0 aliphatic carbocycles. The molecule has 4 nitrogen and oxygen atoms in total. The zero-order valence-electron chi connectivity index (χ0n) is 14.0. The first kappa shape index (κ1) is 17.7. The first-order valence-corrected chi connectivity index (χ1v) is 7.69. The monoisotopic (exact) mass is 360 g/mol. The molecule has 2 aromatic heterocycles. The Morgan fingerprint density at radius 2 is 1.73 bits per heavy atom. The second kappa shape index (κ2) is 7.03. The second-order valence-electron chi connectivity index (χ2n) is 5.57. The number of alkyl halides is 2. The van der Waals surface area contributed by atoms with Crippen molar-refractivity contribution in [2.75, 3.05) is 7.11 Å². The number of hydrogen-bond donors (Lipinski definition) is 0. The van der Waals surface area contributed by atoms with E-state index in [1.165, 1.54) is 43.8 Å². The fourth-order valence-electron chi connectivity index (χ4n) is 2.43. The smallest absolute Gasteiger partial charge is 0.270 e. The van der Waals surface area contributed by atoms with Gasteiger partial charge in [0.25, 0.3) is 5.92 Å². The van der Waals surface area contributed by atoms with Crippen LogP contribution in [0.4, 0.5) is 13.2 Å². The van der Waals surface area contributed by atoms with Crippen LogP contribution in [-0.2, 0) is 5.92 Å². The van der Waals surface area contributed by atoms with Gasteiger partial charge in [-0.15, -0.1) is 0 Å². The Morgan fingerprint density at radius 1 is 1.00 bits per heavy atom. The van der Waals surface area contributed by atoms with Crippen molar-refractivity contribution in [3.8, 4) is 28.5 Å². The SMILES string of the molecule is COc1c(F)cncc1-c1cccnc1Oc1ccc(C(C)(F)F)cc1. The number of rotatable bonds is 5. The fraction of sp³-hybridized carbons (Fsp3) is 0.158. The van der Waals surface area contributed by atoms with Crippen molar-refractivity contribution in [2.24, 2.45) is 0 Å². The Labute approximate surface area is 148 Å². The summed E-state index contributed by atoms with van der Waals surface area (Å²) in [7, 11) is 1.35. The van der Waals surface area contributed by atoms with Gasteiger partial charge in [0.2, 0.25) is 5.88 Å². The number of hydrogen-bond acceptors (Lipinski definition) is 4. The van der Waals surface area contributed by atoms with Crippen LogP contribution >= 0.6 is 0 Å². The van der Waals surface area contributed by atoms with E-state index in [0.29, 0.717) is 16.9 Å². The highest BCUT2D eigenvalue weighted by Crippen LogP contribution is 2.38. The number of nitrogens with zero attached hydrogens (tertiary/aromatic N) is 2. The van der Waals surface area contributed by atoms with Gasteiger partial charge in [0.05, 0.1) is 18.9 Å². The molecule has 0 atom stereocenters. The van der Waals surface area contributed by atoms with Crippen LogP contribution in [0, 0.1) is 5.82 Å². The van der Waals surface area contributed by atoms with Crippen LogP contribution in [0.3, 0.4) is 0 Å². The van der Waals surface area contributed by atoms with Crippen molar-refractivity contribution in [1.29, 1.82) is 0 Å². The summed E-state index contributed by atoms with van der Waals surface area (Å²) in [5, 5.41) is 0. The van der Waals surface area contributed by atoms with Gasteiger partial charge in [0.15, 0.2) is 11.6 Å². The minimum atomic E-state index is -2.94. The summed E-state index contributed by atoms with van der Waals surface area (Å²) in [6.07, 6.45) is 3.99. The molecular formula is C19H15F3N2O2. The molecule has 0 saturated heterocycles. The quantitative estimate of drug-likeness (QED) is 0.628. The molecule has 0 aliphatic rings. The number of methoxy groups -OCH3 is 1. The van der Waals surface area contributed by atoms with Gasteiger partial charge in [-0.1, -0.05) is 0 Å². The third kappa shape index (κ3) is 3.61. The van der Waals surface area contributed by atoms with Gasteiger partial charge in [-0.05, 0) is 36.4 Å². The Morgan fingerprint density at radius 3 is 2.38 bits per heavy atom. The molecule has 0 unspecified atom stereocenters. The van der Waals surface area contributed by atoms with E-state index in [1.807, 2.05) is 0 Å². The maximum Gasteiger partial charge on any atom is 0.270 e. The largest absolute Gasteiger partial charge is 0.493 e. The Kier molecular flexibility index (Phi) is 4.79. The lowest BCUT2D eigenvalue weighted by Gasteiger charge is -2.14. The van der Waals surface area contributed by atoms with Crippen LogP contribution in [0.25, 0.3) is 11.1 Å². The van der Waals surface area contributed by atoms with E-state index >= 15 is 0 Å². The Bertz CT molecular complexity index is 909. The summed E-state index contributed by atoms with van der Waals surface area (Å²) in [4.78, 5) is 7.98. The van der Waals surface area contributed by atoms with Crippen LogP contribution < -0.4 is 9.47 Å². The topological polar surface area (TPSA) is 44.2 Å². The van der Waals surface area contributed by atoms with Crippen LogP contribution in [-0.4, -0.2) is 17.1 Å². The highest BCUT2D eigenvalue weighted by Gasteiger charge is 2.24. The highest BCUT2D eigenvalue weighted by molar-refractivity contribution is 5.74. The number of pyridine rings is 2.